The van der Waals surface area contributed by atoms with E-state index < -0.39 is 0 Å². The normalized spacial score (nSPS) is 10.3. The quantitative estimate of drug-likeness (QED) is 0.450. The lowest BCUT2D eigenvalue weighted by atomic mass is 10.1. The molecule has 0 atom stereocenters. The van der Waals surface area contributed by atoms with Crippen molar-refractivity contribution in [3.05, 3.63) is 0 Å². The predicted molar refractivity (Wildman–Crippen MR) is 62.6 cm³/mol. The minimum atomic E-state index is -0.294. The molecule has 3 nitrogen and oxygen atoms in total. The van der Waals surface area contributed by atoms with Crippen molar-refractivity contribution in [2.24, 2.45) is 5.73 Å². The third-order valence-corrected chi connectivity index (χ3v) is 2.43. The summed E-state index contributed by atoms with van der Waals surface area (Å²) in [4.78, 5) is 10.7. The topological polar surface area (TPSA) is 52.3 Å². The Morgan fingerprint density at radius 2 is 1.53 bits per heavy atom. The van der Waals surface area contributed by atoms with E-state index in [2.05, 4.69) is 6.92 Å². The Bertz CT molecular complexity index is 149. The van der Waals surface area contributed by atoms with Crippen molar-refractivity contribution in [2.75, 3.05) is 13.2 Å². The van der Waals surface area contributed by atoms with Crippen LogP contribution < -0.4 is 5.73 Å². The van der Waals surface area contributed by atoms with Gasteiger partial charge in [0.15, 0.2) is 0 Å². The summed E-state index contributed by atoms with van der Waals surface area (Å²) in [6.45, 7) is 2.76. The standard InChI is InChI=1S/C12H25NO2/c1-2-3-4-5-6-7-8-9-10-15-12(14)11-13/h2-11,13H2,1H3. The molecule has 0 aromatic heterocycles. The summed E-state index contributed by atoms with van der Waals surface area (Å²) < 4.78 is 4.87. The molecule has 3 heteroatoms. The van der Waals surface area contributed by atoms with Crippen LogP contribution in [0.5, 0.6) is 0 Å². The Morgan fingerprint density at radius 1 is 1.00 bits per heavy atom. The highest BCUT2D eigenvalue weighted by molar-refractivity contribution is 5.71. The minimum absolute atomic E-state index is 0.00296. The fraction of sp³-hybridized carbons (Fsp3) is 0.917. The zero-order valence-electron chi connectivity index (χ0n) is 9.96. The van der Waals surface area contributed by atoms with Crippen molar-refractivity contribution in [2.45, 2.75) is 58.3 Å². The molecule has 0 radical (unpaired) electrons. The largest absolute Gasteiger partial charge is 0.465 e. The average molecular weight is 215 g/mol. The van der Waals surface area contributed by atoms with Gasteiger partial charge in [-0.15, -0.1) is 0 Å². The Morgan fingerprint density at radius 3 is 2.07 bits per heavy atom. The number of hydrogen-bond donors (Lipinski definition) is 1. The monoisotopic (exact) mass is 215 g/mol. The number of unbranched alkanes of at least 4 members (excludes halogenated alkanes) is 7. The maximum Gasteiger partial charge on any atom is 0.319 e. The molecule has 90 valence electrons. The van der Waals surface area contributed by atoms with E-state index in [-0.39, 0.29) is 12.5 Å². The molecule has 0 bridgehead atoms. The van der Waals surface area contributed by atoms with E-state index >= 15 is 0 Å². The molecule has 0 spiro atoms. The van der Waals surface area contributed by atoms with Gasteiger partial charge in [-0.05, 0) is 6.42 Å². The van der Waals surface area contributed by atoms with Crippen LogP contribution in [0, 0.1) is 0 Å². The van der Waals surface area contributed by atoms with Crippen molar-refractivity contribution in [1.82, 2.24) is 0 Å². The van der Waals surface area contributed by atoms with Crippen LogP contribution in [0.1, 0.15) is 58.3 Å². The number of ether oxygens (including phenoxy) is 1. The molecule has 0 heterocycles. The summed E-state index contributed by atoms with van der Waals surface area (Å²) in [5.74, 6) is -0.294. The van der Waals surface area contributed by atoms with Gasteiger partial charge < -0.3 is 10.5 Å². The highest BCUT2D eigenvalue weighted by atomic mass is 16.5. The molecule has 0 aromatic rings. The van der Waals surface area contributed by atoms with Crippen LogP contribution in [0.3, 0.4) is 0 Å². The number of rotatable bonds is 10. The Kier molecular flexibility index (Phi) is 11.1. The van der Waals surface area contributed by atoms with Crippen LogP contribution in [0.15, 0.2) is 0 Å². The van der Waals surface area contributed by atoms with Gasteiger partial charge in [-0.25, -0.2) is 0 Å². The van der Waals surface area contributed by atoms with Gasteiger partial charge in [-0.3, -0.25) is 4.79 Å². The zero-order chi connectivity index (χ0) is 11.4. The molecule has 0 aliphatic heterocycles. The lowest BCUT2D eigenvalue weighted by Crippen LogP contribution is -2.17. The maximum atomic E-state index is 10.7. The van der Waals surface area contributed by atoms with Crippen molar-refractivity contribution in [3.63, 3.8) is 0 Å². The van der Waals surface area contributed by atoms with Gasteiger partial charge in [0.1, 0.15) is 0 Å². The van der Waals surface area contributed by atoms with E-state index in [0.29, 0.717) is 6.61 Å². The molecule has 0 rings (SSSR count). The fourth-order valence-electron chi connectivity index (χ4n) is 1.48. The van der Waals surface area contributed by atoms with Crippen molar-refractivity contribution >= 4 is 5.97 Å². The van der Waals surface area contributed by atoms with Crippen molar-refractivity contribution < 1.29 is 9.53 Å². The van der Waals surface area contributed by atoms with Gasteiger partial charge in [0.25, 0.3) is 0 Å². The smallest absolute Gasteiger partial charge is 0.319 e. The second kappa shape index (κ2) is 11.5. The third kappa shape index (κ3) is 11.4. The Labute approximate surface area is 93.4 Å². The SMILES string of the molecule is CCCCCCCCCCOC(=O)CN. The Hall–Kier alpha value is -0.570. The summed E-state index contributed by atoms with van der Waals surface area (Å²) in [5.41, 5.74) is 5.11. The van der Waals surface area contributed by atoms with Gasteiger partial charge in [0.05, 0.1) is 13.2 Å². The van der Waals surface area contributed by atoms with E-state index in [1.165, 1.54) is 38.5 Å². The van der Waals surface area contributed by atoms with Gasteiger partial charge in [-0.2, -0.15) is 0 Å². The number of hydrogen-bond acceptors (Lipinski definition) is 3. The molecule has 0 fully saturated rings. The number of carbonyl (C=O) groups excluding carboxylic acids is 1. The molecule has 0 aromatic carbocycles. The molecule has 0 saturated carbocycles. The molecule has 15 heavy (non-hydrogen) atoms. The average Bonchev–Trinajstić information content (AvgIpc) is 2.26. The molecule has 0 aliphatic rings. The zero-order valence-corrected chi connectivity index (χ0v) is 9.96. The molecule has 0 unspecified atom stereocenters. The molecular weight excluding hydrogens is 190 g/mol. The highest BCUT2D eigenvalue weighted by Crippen LogP contribution is 2.08. The predicted octanol–water partition coefficient (Wildman–Crippen LogP) is 2.63. The second-order valence-corrected chi connectivity index (χ2v) is 3.90. The van der Waals surface area contributed by atoms with Crippen LogP contribution in [0.2, 0.25) is 0 Å². The van der Waals surface area contributed by atoms with Crippen LogP contribution >= 0.6 is 0 Å². The van der Waals surface area contributed by atoms with Gasteiger partial charge in [-0.1, -0.05) is 51.9 Å². The first kappa shape index (κ1) is 14.4. The van der Waals surface area contributed by atoms with Crippen molar-refractivity contribution in [3.8, 4) is 0 Å². The van der Waals surface area contributed by atoms with Crippen LogP contribution in [0.25, 0.3) is 0 Å². The Balaban J connectivity index is 2.95. The summed E-state index contributed by atoms with van der Waals surface area (Å²) in [7, 11) is 0. The van der Waals surface area contributed by atoms with Gasteiger partial charge >= 0.3 is 5.97 Å². The third-order valence-electron chi connectivity index (χ3n) is 2.43. The molecule has 0 saturated heterocycles. The van der Waals surface area contributed by atoms with Crippen LogP contribution in [-0.4, -0.2) is 19.1 Å². The maximum absolute atomic E-state index is 10.7. The highest BCUT2D eigenvalue weighted by Gasteiger charge is 1.97. The van der Waals surface area contributed by atoms with E-state index in [0.717, 1.165) is 12.8 Å². The lowest BCUT2D eigenvalue weighted by molar-refractivity contribution is -0.142. The van der Waals surface area contributed by atoms with Crippen LogP contribution in [-0.2, 0) is 9.53 Å². The van der Waals surface area contributed by atoms with Crippen molar-refractivity contribution in [1.29, 1.82) is 0 Å². The van der Waals surface area contributed by atoms with Crippen LogP contribution in [0.4, 0.5) is 0 Å². The van der Waals surface area contributed by atoms with E-state index in [1.54, 1.807) is 0 Å². The molecule has 2 N–H and O–H groups in total. The van der Waals surface area contributed by atoms with Gasteiger partial charge in [0, 0.05) is 0 Å². The summed E-state index contributed by atoms with van der Waals surface area (Å²) in [6, 6.07) is 0. The first-order chi connectivity index (χ1) is 7.31. The summed E-state index contributed by atoms with van der Waals surface area (Å²) in [6.07, 6.45) is 10.1. The first-order valence-corrected chi connectivity index (χ1v) is 6.17. The molecule has 0 aliphatic carbocycles. The first-order valence-electron chi connectivity index (χ1n) is 6.17. The lowest BCUT2D eigenvalue weighted by Gasteiger charge is -2.03. The van der Waals surface area contributed by atoms with Gasteiger partial charge in [0.2, 0.25) is 0 Å². The molecular formula is C12H25NO2. The summed E-state index contributed by atoms with van der Waals surface area (Å²) >= 11 is 0. The van der Waals surface area contributed by atoms with E-state index in [9.17, 15) is 4.79 Å². The molecule has 0 amide bonds. The number of carbonyl (C=O) groups is 1. The fourth-order valence-corrected chi connectivity index (χ4v) is 1.48. The summed E-state index contributed by atoms with van der Waals surface area (Å²) in [5, 5.41) is 0. The second-order valence-electron chi connectivity index (χ2n) is 3.90. The number of nitrogens with two attached hydrogens (primary N) is 1. The van der Waals surface area contributed by atoms with E-state index in [1.807, 2.05) is 0 Å². The number of esters is 1. The minimum Gasteiger partial charge on any atom is -0.465 e. The van der Waals surface area contributed by atoms with E-state index in [4.69, 9.17) is 10.5 Å².